The van der Waals surface area contributed by atoms with Crippen LogP contribution in [0.15, 0.2) is 83.8 Å². The summed E-state index contributed by atoms with van der Waals surface area (Å²) in [5.41, 5.74) is -2.28. The maximum absolute atomic E-state index is 14.0. The van der Waals surface area contributed by atoms with Crippen LogP contribution in [0.2, 0.25) is 5.02 Å². The monoisotopic (exact) mass is 616 g/mol. The number of halogens is 1. The lowest BCUT2D eigenvalue weighted by Gasteiger charge is -2.34. The molecule has 0 atom stereocenters. The zero-order valence-electron chi connectivity index (χ0n) is 25.8. The smallest absolute Gasteiger partial charge is 0.324 e. The Labute approximate surface area is 261 Å². The predicted octanol–water partition coefficient (Wildman–Crippen LogP) is 7.05. The zero-order chi connectivity index (χ0) is 32.3. The first-order valence-corrected chi connectivity index (χ1v) is 14.8. The highest BCUT2D eigenvalue weighted by molar-refractivity contribution is 6.30. The summed E-state index contributed by atoms with van der Waals surface area (Å²) < 4.78 is 12.7. The molecule has 4 aromatic rings. The number of ether oxygens (including phenoxy) is 2. The lowest BCUT2D eigenvalue weighted by molar-refractivity contribution is -0.186. The third kappa shape index (κ3) is 7.80. The maximum Gasteiger partial charge on any atom is 0.324 e. The quantitative estimate of drug-likeness (QED) is 0.113. The zero-order valence-corrected chi connectivity index (χ0v) is 26.6. The summed E-state index contributed by atoms with van der Waals surface area (Å²) in [4.78, 5) is 55.0. The fourth-order valence-electron chi connectivity index (χ4n) is 4.72. The molecule has 0 saturated carbocycles. The van der Waals surface area contributed by atoms with E-state index in [1.165, 1.54) is 4.68 Å². The predicted molar refractivity (Wildman–Crippen MR) is 171 cm³/mol. The van der Waals surface area contributed by atoms with Crippen LogP contribution in [-0.4, -0.2) is 38.7 Å². The topological polar surface area (TPSA) is 105 Å². The van der Waals surface area contributed by atoms with Gasteiger partial charge < -0.3 is 9.47 Å². The van der Waals surface area contributed by atoms with Crippen molar-refractivity contribution in [3.05, 3.63) is 99.9 Å². The van der Waals surface area contributed by atoms with Gasteiger partial charge in [-0.3, -0.25) is 19.2 Å². The van der Waals surface area contributed by atoms with Crippen LogP contribution in [-0.2, 0) is 25.6 Å². The molecule has 3 aromatic carbocycles. The third-order valence-corrected chi connectivity index (χ3v) is 7.19. The third-order valence-electron chi connectivity index (χ3n) is 6.94. The number of aryl methyl sites for hydroxylation is 1. The molecule has 230 valence electrons. The number of carbonyl (C=O) groups excluding carboxylic acids is 3. The Morgan fingerprint density at radius 2 is 1.30 bits per heavy atom. The van der Waals surface area contributed by atoms with E-state index in [1.807, 2.05) is 12.1 Å². The summed E-state index contributed by atoms with van der Waals surface area (Å²) in [6.45, 7) is 9.93. The van der Waals surface area contributed by atoms with Crippen LogP contribution in [0.25, 0.3) is 21.9 Å². The van der Waals surface area contributed by atoms with E-state index in [4.69, 9.17) is 21.1 Å². The number of hydrogen-bond acceptors (Lipinski definition) is 7. The Morgan fingerprint density at radius 3 is 1.84 bits per heavy atom. The second-order valence-electron chi connectivity index (χ2n) is 12.8. The van der Waals surface area contributed by atoms with E-state index < -0.39 is 40.8 Å². The molecular weight excluding hydrogens is 580 g/mol. The second-order valence-corrected chi connectivity index (χ2v) is 13.2. The lowest BCUT2D eigenvalue weighted by atomic mass is 9.77. The number of hydrogen-bond donors (Lipinski definition) is 0. The van der Waals surface area contributed by atoms with Crippen LogP contribution in [0.3, 0.4) is 0 Å². The molecule has 8 nitrogen and oxygen atoms in total. The van der Waals surface area contributed by atoms with Gasteiger partial charge in [-0.2, -0.15) is 5.10 Å². The number of nitrogens with zero attached hydrogens (tertiary/aromatic N) is 2. The van der Waals surface area contributed by atoms with Crippen LogP contribution in [0, 0.1) is 5.41 Å². The standard InChI is InChI=1S/C35H37ClN2O6/c1-33(2,3)43-31(41)35(32(42)44-34(4,5)6,19-20-38-30(40)28-10-8-7-9-26(28)22-37-38)21-29(39)25-13-11-23(12-14-25)24-15-17-27(36)18-16-24/h7-18,22H,19-21H2,1-6H3. The molecule has 0 aliphatic carbocycles. The van der Waals surface area contributed by atoms with Gasteiger partial charge in [0.15, 0.2) is 11.2 Å². The second kappa shape index (κ2) is 12.7. The van der Waals surface area contributed by atoms with E-state index >= 15 is 0 Å². The first-order valence-electron chi connectivity index (χ1n) is 14.4. The number of carbonyl (C=O) groups is 3. The van der Waals surface area contributed by atoms with Crippen molar-refractivity contribution in [2.45, 2.75) is 72.1 Å². The highest BCUT2D eigenvalue weighted by Crippen LogP contribution is 2.36. The molecule has 0 unspecified atom stereocenters. The number of Topliss-reactive ketones (excluding diaryl/α,β-unsaturated/α-hetero) is 1. The molecule has 44 heavy (non-hydrogen) atoms. The first kappa shape index (κ1) is 32.6. The van der Waals surface area contributed by atoms with E-state index in [0.717, 1.165) is 11.1 Å². The summed E-state index contributed by atoms with van der Waals surface area (Å²) in [7, 11) is 0. The number of ketones is 1. The molecule has 1 aromatic heterocycles. The molecule has 0 saturated heterocycles. The first-order chi connectivity index (χ1) is 20.6. The van der Waals surface area contributed by atoms with Crippen molar-refractivity contribution in [2.75, 3.05) is 0 Å². The number of benzene rings is 3. The summed E-state index contributed by atoms with van der Waals surface area (Å²) in [5, 5.41) is 5.99. The summed E-state index contributed by atoms with van der Waals surface area (Å²) in [6, 6.07) is 21.2. The van der Waals surface area contributed by atoms with E-state index in [0.29, 0.717) is 21.4 Å². The lowest BCUT2D eigenvalue weighted by Crippen LogP contribution is -2.49. The Kier molecular flexibility index (Phi) is 9.44. The molecule has 0 radical (unpaired) electrons. The van der Waals surface area contributed by atoms with Crippen LogP contribution in [0.1, 0.15) is 64.7 Å². The molecular formula is C35H37ClN2O6. The van der Waals surface area contributed by atoms with Gasteiger partial charge in [0.05, 0.1) is 11.6 Å². The van der Waals surface area contributed by atoms with Gasteiger partial charge in [0, 0.05) is 28.9 Å². The molecule has 0 aliphatic heterocycles. The summed E-state index contributed by atoms with van der Waals surface area (Å²) >= 11 is 6.01. The Bertz CT molecular complexity index is 1700. The largest absolute Gasteiger partial charge is 0.459 e. The van der Waals surface area contributed by atoms with Crippen LogP contribution < -0.4 is 5.56 Å². The van der Waals surface area contributed by atoms with E-state index in [1.54, 1.807) is 108 Å². The number of aromatic nitrogens is 2. The highest BCUT2D eigenvalue weighted by atomic mass is 35.5. The minimum atomic E-state index is -2.06. The van der Waals surface area contributed by atoms with E-state index in [2.05, 4.69) is 5.10 Å². The van der Waals surface area contributed by atoms with Crippen molar-refractivity contribution in [1.82, 2.24) is 9.78 Å². The van der Waals surface area contributed by atoms with Crippen LogP contribution in [0.4, 0.5) is 0 Å². The molecule has 9 heteroatoms. The molecule has 1 heterocycles. The molecule has 0 fully saturated rings. The molecule has 0 bridgehead atoms. The maximum atomic E-state index is 14.0. The normalized spacial score (nSPS) is 12.2. The molecule has 0 aliphatic rings. The van der Waals surface area contributed by atoms with Crippen molar-refractivity contribution >= 4 is 40.1 Å². The minimum Gasteiger partial charge on any atom is -0.459 e. The van der Waals surface area contributed by atoms with Crippen LogP contribution >= 0.6 is 11.6 Å². The van der Waals surface area contributed by atoms with Gasteiger partial charge in [-0.1, -0.05) is 66.2 Å². The Hall–Kier alpha value is -4.30. The fraction of sp³-hybridized carbons (Fsp3) is 0.343. The number of esters is 2. The Morgan fingerprint density at radius 1 is 0.773 bits per heavy atom. The van der Waals surface area contributed by atoms with Gasteiger partial charge in [0.1, 0.15) is 11.2 Å². The van der Waals surface area contributed by atoms with Crippen molar-refractivity contribution in [2.24, 2.45) is 5.41 Å². The molecule has 4 rings (SSSR count). The number of rotatable bonds is 9. The SMILES string of the molecule is CC(C)(C)OC(=O)C(CCn1ncc2ccccc2c1=O)(CC(=O)c1ccc(-c2ccc(Cl)cc2)cc1)C(=O)OC(C)(C)C. The van der Waals surface area contributed by atoms with Gasteiger partial charge in [-0.25, -0.2) is 4.68 Å². The van der Waals surface area contributed by atoms with E-state index in [-0.39, 0.29) is 18.5 Å². The Balaban J connectivity index is 1.74. The van der Waals surface area contributed by atoms with Crippen LogP contribution in [0.5, 0.6) is 0 Å². The van der Waals surface area contributed by atoms with Crippen molar-refractivity contribution in [1.29, 1.82) is 0 Å². The molecule has 0 N–H and O–H groups in total. The molecule has 0 amide bonds. The molecule has 0 spiro atoms. The van der Waals surface area contributed by atoms with Crippen molar-refractivity contribution in [3.63, 3.8) is 0 Å². The van der Waals surface area contributed by atoms with Gasteiger partial charge in [-0.05, 0) is 77.3 Å². The highest BCUT2D eigenvalue weighted by Gasteiger charge is 2.52. The van der Waals surface area contributed by atoms with Crippen molar-refractivity contribution in [3.8, 4) is 11.1 Å². The fourth-order valence-corrected chi connectivity index (χ4v) is 4.85. The van der Waals surface area contributed by atoms with Gasteiger partial charge >= 0.3 is 11.9 Å². The minimum absolute atomic E-state index is 0.134. The van der Waals surface area contributed by atoms with Gasteiger partial charge in [0.25, 0.3) is 5.56 Å². The summed E-state index contributed by atoms with van der Waals surface area (Å²) in [5.74, 6) is -2.26. The van der Waals surface area contributed by atoms with Gasteiger partial charge in [0.2, 0.25) is 0 Å². The van der Waals surface area contributed by atoms with Crippen molar-refractivity contribution < 1.29 is 23.9 Å². The number of fused-ring (bicyclic) bond motifs is 1. The average molecular weight is 617 g/mol. The average Bonchev–Trinajstić information content (AvgIpc) is 2.95. The summed E-state index contributed by atoms with van der Waals surface area (Å²) in [6.07, 6.45) is 0.767. The van der Waals surface area contributed by atoms with Gasteiger partial charge in [-0.15, -0.1) is 0 Å². The van der Waals surface area contributed by atoms with E-state index in [9.17, 15) is 19.2 Å².